The van der Waals surface area contributed by atoms with Gasteiger partial charge < -0.3 is 4.90 Å². The molecule has 0 fully saturated rings. The van der Waals surface area contributed by atoms with Crippen LogP contribution in [0.1, 0.15) is 13.8 Å². The van der Waals surface area contributed by atoms with E-state index in [1.807, 2.05) is 13.1 Å². The monoisotopic (exact) mass is 126 g/mol. The number of Topliss-reactive ketones (excluding diaryl/α,β-unsaturated/α-hetero) is 1. The maximum Gasteiger partial charge on any atom is 0.179 e. The van der Waals surface area contributed by atoms with Gasteiger partial charge in [-0.15, -0.1) is 0 Å². The number of hydrogen-bond acceptors (Lipinski definition) is 3. The minimum atomic E-state index is 0.0263. The Hall–Kier alpha value is -1.04. The zero-order valence-corrected chi connectivity index (χ0v) is 5.72. The highest BCUT2D eigenvalue weighted by molar-refractivity contribution is 5.77. The lowest BCUT2D eigenvalue weighted by atomic mass is 10.4. The van der Waals surface area contributed by atoms with Crippen LogP contribution in [0.15, 0.2) is 0 Å². The van der Waals surface area contributed by atoms with Crippen LogP contribution < -0.4 is 0 Å². The number of nitrogens with zero attached hydrogens (tertiary/aromatic N) is 2. The van der Waals surface area contributed by atoms with Crippen molar-refractivity contribution < 1.29 is 4.79 Å². The zero-order chi connectivity index (χ0) is 7.28. The van der Waals surface area contributed by atoms with Crippen molar-refractivity contribution in [2.75, 3.05) is 13.1 Å². The Balaban J connectivity index is 3.60. The second-order valence-electron chi connectivity index (χ2n) is 1.82. The van der Waals surface area contributed by atoms with E-state index in [4.69, 9.17) is 5.26 Å². The van der Waals surface area contributed by atoms with Gasteiger partial charge in [-0.05, 0) is 13.8 Å². The first-order valence-corrected chi connectivity index (χ1v) is 2.84. The second kappa shape index (κ2) is 3.90. The van der Waals surface area contributed by atoms with Gasteiger partial charge in [0.25, 0.3) is 0 Å². The number of rotatable bonds is 3. The Kier molecular flexibility index (Phi) is 3.45. The van der Waals surface area contributed by atoms with Crippen molar-refractivity contribution in [3.8, 4) is 6.19 Å². The summed E-state index contributed by atoms with van der Waals surface area (Å²) >= 11 is 0. The van der Waals surface area contributed by atoms with E-state index < -0.39 is 0 Å². The average Bonchev–Trinajstić information content (AvgIpc) is 1.82. The van der Waals surface area contributed by atoms with Crippen molar-refractivity contribution >= 4 is 5.78 Å². The molecule has 0 aliphatic rings. The lowest BCUT2D eigenvalue weighted by Crippen LogP contribution is -2.23. The molecule has 0 saturated heterocycles. The summed E-state index contributed by atoms with van der Waals surface area (Å²) in [6, 6.07) is 0. The molecule has 0 aliphatic heterocycles. The smallest absolute Gasteiger partial charge is 0.179 e. The Morgan fingerprint density at radius 2 is 2.33 bits per heavy atom. The van der Waals surface area contributed by atoms with Crippen LogP contribution >= 0.6 is 0 Å². The topological polar surface area (TPSA) is 44.1 Å². The van der Waals surface area contributed by atoms with Crippen LogP contribution in [0.5, 0.6) is 0 Å². The first-order valence-electron chi connectivity index (χ1n) is 2.84. The van der Waals surface area contributed by atoms with Crippen LogP contribution in [-0.2, 0) is 4.79 Å². The quantitative estimate of drug-likeness (QED) is 0.405. The molecule has 0 rings (SSSR count). The van der Waals surface area contributed by atoms with E-state index in [9.17, 15) is 4.79 Å². The molecule has 0 radical (unpaired) electrons. The van der Waals surface area contributed by atoms with Crippen LogP contribution in [0.3, 0.4) is 0 Å². The highest BCUT2D eigenvalue weighted by atomic mass is 16.1. The predicted molar refractivity (Wildman–Crippen MR) is 33.5 cm³/mol. The van der Waals surface area contributed by atoms with Crippen LogP contribution in [0.2, 0.25) is 0 Å². The van der Waals surface area contributed by atoms with Crippen LogP contribution in [0.25, 0.3) is 0 Å². The van der Waals surface area contributed by atoms with Gasteiger partial charge in [0, 0.05) is 6.54 Å². The molecule has 0 spiro atoms. The Morgan fingerprint density at radius 1 is 1.78 bits per heavy atom. The Labute approximate surface area is 54.9 Å². The molecular weight excluding hydrogens is 116 g/mol. The minimum absolute atomic E-state index is 0.0263. The fraction of sp³-hybridized carbons (Fsp3) is 0.667. The van der Waals surface area contributed by atoms with Gasteiger partial charge in [-0.25, -0.2) is 0 Å². The number of carbonyl (C=O) groups excluding carboxylic acids is 1. The van der Waals surface area contributed by atoms with Gasteiger partial charge >= 0.3 is 0 Å². The van der Waals surface area contributed by atoms with Gasteiger partial charge in [-0.3, -0.25) is 4.79 Å². The lowest BCUT2D eigenvalue weighted by molar-refractivity contribution is -0.117. The second-order valence-corrected chi connectivity index (χ2v) is 1.82. The van der Waals surface area contributed by atoms with Crippen molar-refractivity contribution in [1.29, 1.82) is 5.26 Å². The van der Waals surface area contributed by atoms with E-state index in [0.717, 1.165) is 0 Å². The van der Waals surface area contributed by atoms with Crippen molar-refractivity contribution in [1.82, 2.24) is 4.90 Å². The molecule has 0 heterocycles. The van der Waals surface area contributed by atoms with Gasteiger partial charge in [0.2, 0.25) is 0 Å². The van der Waals surface area contributed by atoms with Crippen molar-refractivity contribution in [2.24, 2.45) is 0 Å². The first-order chi connectivity index (χ1) is 4.20. The van der Waals surface area contributed by atoms with Crippen molar-refractivity contribution in [3.05, 3.63) is 0 Å². The highest BCUT2D eigenvalue weighted by Gasteiger charge is 1.99. The molecule has 3 heteroatoms. The molecule has 0 aromatic rings. The minimum Gasteiger partial charge on any atom is -0.304 e. The van der Waals surface area contributed by atoms with E-state index >= 15 is 0 Å². The van der Waals surface area contributed by atoms with Gasteiger partial charge in [-0.1, -0.05) is 0 Å². The Bertz CT molecular complexity index is 136. The number of carbonyl (C=O) groups is 1. The van der Waals surface area contributed by atoms with Crippen LogP contribution in [0, 0.1) is 11.5 Å². The lowest BCUT2D eigenvalue weighted by Gasteiger charge is -2.08. The normalized spacial score (nSPS) is 8.11. The molecule has 0 bridgehead atoms. The van der Waals surface area contributed by atoms with E-state index in [1.165, 1.54) is 11.8 Å². The summed E-state index contributed by atoms with van der Waals surface area (Å²) in [5.41, 5.74) is 0. The molecule has 0 aromatic carbocycles. The number of hydrogen-bond donors (Lipinski definition) is 0. The number of ketones is 1. The van der Waals surface area contributed by atoms with Crippen LogP contribution in [-0.4, -0.2) is 23.8 Å². The third-order valence-corrected chi connectivity index (χ3v) is 0.937. The molecular formula is C6H10N2O. The molecule has 9 heavy (non-hydrogen) atoms. The maximum absolute atomic E-state index is 10.4. The van der Waals surface area contributed by atoms with Crippen molar-refractivity contribution in [2.45, 2.75) is 13.8 Å². The van der Waals surface area contributed by atoms with E-state index in [2.05, 4.69) is 0 Å². The highest BCUT2D eigenvalue weighted by Crippen LogP contribution is 1.82. The predicted octanol–water partition coefficient (Wildman–Crippen LogP) is 0.378. The van der Waals surface area contributed by atoms with Crippen molar-refractivity contribution in [3.63, 3.8) is 0 Å². The molecule has 0 unspecified atom stereocenters. The average molecular weight is 126 g/mol. The molecule has 0 atom stereocenters. The van der Waals surface area contributed by atoms with Gasteiger partial charge in [0.05, 0.1) is 6.54 Å². The maximum atomic E-state index is 10.4. The fourth-order valence-corrected chi connectivity index (χ4v) is 0.487. The summed E-state index contributed by atoms with van der Waals surface area (Å²) < 4.78 is 0. The summed E-state index contributed by atoms with van der Waals surface area (Å²) in [4.78, 5) is 11.8. The molecule has 0 aromatic heterocycles. The van der Waals surface area contributed by atoms with Gasteiger partial charge in [0.15, 0.2) is 6.19 Å². The molecule has 0 N–H and O–H groups in total. The summed E-state index contributed by atoms with van der Waals surface area (Å²) in [7, 11) is 0. The molecule has 0 aliphatic carbocycles. The largest absolute Gasteiger partial charge is 0.304 e. The summed E-state index contributed by atoms with van der Waals surface area (Å²) in [6.07, 6.45) is 1.90. The molecule has 0 amide bonds. The van der Waals surface area contributed by atoms with E-state index in [0.29, 0.717) is 6.54 Å². The molecule has 3 nitrogen and oxygen atoms in total. The summed E-state index contributed by atoms with van der Waals surface area (Å²) in [5.74, 6) is 0.0263. The standard InChI is InChI=1S/C6H10N2O/c1-3-8(5-7)4-6(2)9/h3-4H2,1-2H3. The summed E-state index contributed by atoms with van der Waals surface area (Å²) in [6.45, 7) is 4.16. The van der Waals surface area contributed by atoms with E-state index in [-0.39, 0.29) is 12.3 Å². The number of nitriles is 1. The Morgan fingerprint density at radius 3 is 2.44 bits per heavy atom. The third kappa shape index (κ3) is 3.53. The SMILES string of the molecule is CCN(C#N)CC(C)=O. The summed E-state index contributed by atoms with van der Waals surface area (Å²) in [5, 5.41) is 8.30. The van der Waals surface area contributed by atoms with Crippen LogP contribution in [0.4, 0.5) is 0 Å². The van der Waals surface area contributed by atoms with Gasteiger partial charge in [-0.2, -0.15) is 5.26 Å². The van der Waals surface area contributed by atoms with E-state index in [1.54, 1.807) is 0 Å². The zero-order valence-electron chi connectivity index (χ0n) is 5.72. The fourth-order valence-electron chi connectivity index (χ4n) is 0.487. The molecule has 0 saturated carbocycles. The van der Waals surface area contributed by atoms with Gasteiger partial charge in [0.1, 0.15) is 5.78 Å². The third-order valence-electron chi connectivity index (χ3n) is 0.937. The first kappa shape index (κ1) is 7.96. The number of likely N-dealkylation sites (N-methyl/N-ethyl adjacent to an activating group) is 1. The molecule has 50 valence electrons.